The van der Waals surface area contributed by atoms with Gasteiger partial charge in [0.2, 0.25) is 0 Å². The molecule has 0 saturated carbocycles. The van der Waals surface area contributed by atoms with E-state index in [1.54, 1.807) is 7.11 Å². The van der Waals surface area contributed by atoms with Gasteiger partial charge in [0, 0.05) is 32.8 Å². The van der Waals surface area contributed by atoms with Gasteiger partial charge in [-0.3, -0.25) is 4.90 Å². The molecule has 1 unspecified atom stereocenters. The average Bonchev–Trinajstić information content (AvgIpc) is 2.44. The highest BCUT2D eigenvalue weighted by atomic mass is 16.5. The maximum Gasteiger partial charge on any atom is 0.0587 e. The third-order valence-corrected chi connectivity index (χ3v) is 4.28. The Morgan fingerprint density at radius 1 is 1.19 bits per heavy atom. The van der Waals surface area contributed by atoms with Crippen molar-refractivity contribution in [3.63, 3.8) is 0 Å². The fourth-order valence-electron chi connectivity index (χ4n) is 3.34. The number of aryl methyl sites for hydroxylation is 2. The van der Waals surface area contributed by atoms with Crippen molar-refractivity contribution in [2.24, 2.45) is 0 Å². The van der Waals surface area contributed by atoms with Gasteiger partial charge in [0.05, 0.1) is 6.61 Å². The van der Waals surface area contributed by atoms with Crippen LogP contribution in [-0.2, 0) is 11.3 Å². The molecular weight excluding hydrogens is 260 g/mol. The van der Waals surface area contributed by atoms with Crippen LogP contribution in [0, 0.1) is 13.8 Å². The molecule has 0 aromatic heterocycles. The SMILES string of the molecule is COCCNCC1CCCCN1Cc1cc(C)cc(C)c1. The van der Waals surface area contributed by atoms with Gasteiger partial charge >= 0.3 is 0 Å². The van der Waals surface area contributed by atoms with Crippen LogP contribution in [0.25, 0.3) is 0 Å². The Balaban J connectivity index is 1.91. The second-order valence-corrected chi connectivity index (χ2v) is 6.31. The van der Waals surface area contributed by atoms with Crippen molar-refractivity contribution in [1.29, 1.82) is 0 Å². The molecule has 0 radical (unpaired) electrons. The Hall–Kier alpha value is -0.900. The van der Waals surface area contributed by atoms with E-state index in [0.717, 1.165) is 26.2 Å². The van der Waals surface area contributed by atoms with Crippen molar-refractivity contribution in [3.05, 3.63) is 34.9 Å². The first kappa shape index (κ1) is 16.5. The molecule has 1 heterocycles. The van der Waals surface area contributed by atoms with Crippen LogP contribution in [0.3, 0.4) is 0 Å². The summed E-state index contributed by atoms with van der Waals surface area (Å²) in [5, 5.41) is 3.53. The Kier molecular flexibility index (Phi) is 6.68. The standard InChI is InChI=1S/C18H30N2O/c1-15-10-16(2)12-17(11-15)14-20-8-5-4-6-18(20)13-19-7-9-21-3/h10-12,18-19H,4-9,13-14H2,1-3H3. The molecule has 2 rings (SSSR count). The number of hydrogen-bond donors (Lipinski definition) is 1. The highest BCUT2D eigenvalue weighted by Crippen LogP contribution is 2.20. The maximum atomic E-state index is 5.10. The molecule has 0 spiro atoms. The van der Waals surface area contributed by atoms with Crippen molar-refractivity contribution in [2.45, 2.75) is 45.7 Å². The van der Waals surface area contributed by atoms with E-state index in [9.17, 15) is 0 Å². The molecule has 1 aliphatic rings. The summed E-state index contributed by atoms with van der Waals surface area (Å²) in [6.07, 6.45) is 4.00. The van der Waals surface area contributed by atoms with Crippen LogP contribution in [0.2, 0.25) is 0 Å². The zero-order valence-corrected chi connectivity index (χ0v) is 13.8. The normalized spacial score (nSPS) is 19.9. The van der Waals surface area contributed by atoms with E-state index in [4.69, 9.17) is 4.74 Å². The fraction of sp³-hybridized carbons (Fsp3) is 0.667. The minimum absolute atomic E-state index is 0.663. The van der Waals surface area contributed by atoms with Crippen molar-refractivity contribution >= 4 is 0 Å². The predicted molar refractivity (Wildman–Crippen MR) is 88.7 cm³/mol. The predicted octanol–water partition coefficient (Wildman–Crippen LogP) is 2.89. The van der Waals surface area contributed by atoms with E-state index in [2.05, 4.69) is 42.3 Å². The molecule has 21 heavy (non-hydrogen) atoms. The number of benzene rings is 1. The van der Waals surface area contributed by atoms with Crippen molar-refractivity contribution in [3.8, 4) is 0 Å². The van der Waals surface area contributed by atoms with Crippen LogP contribution >= 0.6 is 0 Å². The van der Waals surface area contributed by atoms with Crippen LogP contribution in [0.5, 0.6) is 0 Å². The molecule has 118 valence electrons. The molecule has 1 aromatic rings. The lowest BCUT2D eigenvalue weighted by atomic mass is 10.00. The summed E-state index contributed by atoms with van der Waals surface area (Å²) >= 11 is 0. The van der Waals surface area contributed by atoms with Gasteiger partial charge in [-0.2, -0.15) is 0 Å². The van der Waals surface area contributed by atoms with E-state index in [-0.39, 0.29) is 0 Å². The summed E-state index contributed by atoms with van der Waals surface area (Å²) in [6.45, 7) is 9.51. The Bertz CT molecular complexity index is 413. The maximum absolute atomic E-state index is 5.10. The largest absolute Gasteiger partial charge is 0.383 e. The van der Waals surface area contributed by atoms with Gasteiger partial charge in [-0.25, -0.2) is 0 Å². The van der Waals surface area contributed by atoms with E-state index >= 15 is 0 Å². The number of piperidine rings is 1. The second kappa shape index (κ2) is 8.52. The lowest BCUT2D eigenvalue weighted by Gasteiger charge is -2.36. The minimum atomic E-state index is 0.663. The molecule has 1 fully saturated rings. The third kappa shape index (κ3) is 5.42. The monoisotopic (exact) mass is 290 g/mol. The number of likely N-dealkylation sites (tertiary alicyclic amines) is 1. The highest BCUT2D eigenvalue weighted by molar-refractivity contribution is 5.28. The Morgan fingerprint density at radius 2 is 1.95 bits per heavy atom. The smallest absolute Gasteiger partial charge is 0.0587 e. The first-order chi connectivity index (χ1) is 10.2. The van der Waals surface area contributed by atoms with Gasteiger partial charge in [0.1, 0.15) is 0 Å². The molecule has 0 aliphatic carbocycles. The fourth-order valence-corrected chi connectivity index (χ4v) is 3.34. The zero-order chi connectivity index (χ0) is 15.1. The van der Waals surface area contributed by atoms with Crippen molar-refractivity contribution in [2.75, 3.05) is 33.4 Å². The molecule has 3 nitrogen and oxygen atoms in total. The minimum Gasteiger partial charge on any atom is -0.383 e. The van der Waals surface area contributed by atoms with Gasteiger partial charge in [0.25, 0.3) is 0 Å². The summed E-state index contributed by atoms with van der Waals surface area (Å²) in [7, 11) is 1.76. The van der Waals surface area contributed by atoms with E-state index in [0.29, 0.717) is 6.04 Å². The lowest BCUT2D eigenvalue weighted by Crippen LogP contribution is -2.45. The molecular formula is C18H30N2O. The first-order valence-corrected chi connectivity index (χ1v) is 8.20. The number of nitrogens with one attached hydrogen (secondary N) is 1. The number of methoxy groups -OCH3 is 1. The quantitative estimate of drug-likeness (QED) is 0.782. The number of hydrogen-bond acceptors (Lipinski definition) is 3. The number of rotatable bonds is 7. The molecule has 3 heteroatoms. The van der Waals surface area contributed by atoms with Gasteiger partial charge in [-0.15, -0.1) is 0 Å². The van der Waals surface area contributed by atoms with Crippen LogP contribution < -0.4 is 5.32 Å². The van der Waals surface area contributed by atoms with Crippen LogP contribution in [0.1, 0.15) is 36.0 Å². The summed E-state index contributed by atoms with van der Waals surface area (Å²) < 4.78 is 5.10. The van der Waals surface area contributed by atoms with Crippen LogP contribution in [0.4, 0.5) is 0 Å². The molecule has 0 bridgehead atoms. The molecule has 1 aromatic carbocycles. The molecule has 1 atom stereocenters. The van der Waals surface area contributed by atoms with Gasteiger partial charge in [-0.05, 0) is 38.8 Å². The average molecular weight is 290 g/mol. The first-order valence-electron chi connectivity index (χ1n) is 8.20. The summed E-state index contributed by atoms with van der Waals surface area (Å²) in [6, 6.07) is 7.58. The molecule has 1 N–H and O–H groups in total. The number of nitrogens with zero attached hydrogens (tertiary/aromatic N) is 1. The Labute approximate surface area is 129 Å². The van der Waals surface area contributed by atoms with Crippen molar-refractivity contribution < 1.29 is 4.74 Å². The van der Waals surface area contributed by atoms with Gasteiger partial charge in [0.15, 0.2) is 0 Å². The number of ether oxygens (including phenoxy) is 1. The van der Waals surface area contributed by atoms with Crippen molar-refractivity contribution in [1.82, 2.24) is 10.2 Å². The second-order valence-electron chi connectivity index (χ2n) is 6.31. The van der Waals surface area contributed by atoms with E-state index in [1.165, 1.54) is 42.5 Å². The molecule has 1 aliphatic heterocycles. The summed E-state index contributed by atoms with van der Waals surface area (Å²) in [4.78, 5) is 2.65. The zero-order valence-electron chi connectivity index (χ0n) is 13.8. The summed E-state index contributed by atoms with van der Waals surface area (Å²) in [5.41, 5.74) is 4.20. The van der Waals surface area contributed by atoms with Crippen LogP contribution in [-0.4, -0.2) is 44.3 Å². The topological polar surface area (TPSA) is 24.5 Å². The van der Waals surface area contributed by atoms with Crippen LogP contribution in [0.15, 0.2) is 18.2 Å². The lowest BCUT2D eigenvalue weighted by molar-refractivity contribution is 0.133. The highest BCUT2D eigenvalue weighted by Gasteiger charge is 2.22. The van der Waals surface area contributed by atoms with Gasteiger partial charge in [-0.1, -0.05) is 35.7 Å². The molecule has 0 amide bonds. The Morgan fingerprint density at radius 3 is 2.67 bits per heavy atom. The molecule has 1 saturated heterocycles. The van der Waals surface area contributed by atoms with E-state index < -0.39 is 0 Å². The third-order valence-electron chi connectivity index (χ3n) is 4.28. The van der Waals surface area contributed by atoms with E-state index in [1.807, 2.05) is 0 Å². The summed E-state index contributed by atoms with van der Waals surface area (Å²) in [5.74, 6) is 0. The van der Waals surface area contributed by atoms with Gasteiger partial charge < -0.3 is 10.1 Å².